The molecule has 1 fully saturated rings. The fourth-order valence-electron chi connectivity index (χ4n) is 2.11. The van der Waals surface area contributed by atoms with Gasteiger partial charge in [0.1, 0.15) is 19.6 Å². The lowest BCUT2D eigenvalue weighted by molar-refractivity contribution is -0.0929. The molecule has 5 atom stereocenters. The lowest BCUT2D eigenvalue weighted by Gasteiger charge is -2.30. The molecule has 0 amide bonds. The van der Waals surface area contributed by atoms with E-state index in [2.05, 4.69) is 17.9 Å². The fourth-order valence-corrected chi connectivity index (χ4v) is 5.23. The molecule has 4 N–H and O–H groups in total. The summed E-state index contributed by atoms with van der Waals surface area (Å²) >= 11 is 0. The predicted octanol–water partition coefficient (Wildman–Crippen LogP) is -0.381. The maximum atomic E-state index is 11.7. The summed E-state index contributed by atoms with van der Waals surface area (Å²) < 4.78 is 60.1. The van der Waals surface area contributed by atoms with Crippen molar-refractivity contribution in [1.29, 1.82) is 0 Å². The first-order valence-electron chi connectivity index (χ1n) is 6.78. The van der Waals surface area contributed by atoms with E-state index in [-0.39, 0.29) is 6.42 Å². The fraction of sp³-hybridized carbons (Fsp3) is 0.875. The van der Waals surface area contributed by atoms with Gasteiger partial charge in [-0.2, -0.15) is 8.62 Å². The second-order valence-corrected chi connectivity index (χ2v) is 9.82. The SMILES string of the molecule is BC1CC(OC(=O)OC)C(C)(COP(=O)(O)OP(=O)(O)OP(=O)(O)O)O1. The zero-order chi connectivity index (χ0) is 20.4. The first kappa shape index (κ1) is 23.7. The van der Waals surface area contributed by atoms with Gasteiger partial charge >= 0.3 is 29.6 Å². The average Bonchev–Trinajstić information content (AvgIpc) is 2.67. The van der Waals surface area contributed by atoms with Gasteiger partial charge in [-0.1, -0.05) is 0 Å². The topological polar surface area (TPSA) is 205 Å². The maximum absolute atomic E-state index is 11.7. The molecule has 1 saturated heterocycles. The van der Waals surface area contributed by atoms with Gasteiger partial charge in [-0.05, 0) is 6.92 Å². The molecule has 0 aliphatic carbocycles. The molecule has 18 heteroatoms. The molecule has 1 aliphatic heterocycles. The summed E-state index contributed by atoms with van der Waals surface area (Å²) in [5, 5.41) is 0. The third-order valence-corrected chi connectivity index (χ3v) is 6.82. The molecule has 0 radical (unpaired) electrons. The van der Waals surface area contributed by atoms with Crippen LogP contribution in [0.5, 0.6) is 0 Å². The highest BCUT2D eigenvalue weighted by atomic mass is 31.3. The number of hydrogen-bond donors (Lipinski definition) is 4. The van der Waals surface area contributed by atoms with E-state index in [4.69, 9.17) is 24.2 Å². The molecule has 0 bridgehead atoms. The van der Waals surface area contributed by atoms with E-state index in [1.54, 1.807) is 7.85 Å². The van der Waals surface area contributed by atoms with Gasteiger partial charge in [0.15, 0.2) is 0 Å². The lowest BCUT2D eigenvalue weighted by atomic mass is 9.93. The molecule has 0 aromatic rings. The number of phosphoric acid groups is 3. The van der Waals surface area contributed by atoms with Crippen molar-refractivity contribution in [3.8, 4) is 0 Å². The van der Waals surface area contributed by atoms with E-state index in [0.29, 0.717) is 0 Å². The first-order valence-corrected chi connectivity index (χ1v) is 11.3. The molecule has 0 saturated carbocycles. The van der Waals surface area contributed by atoms with Crippen molar-refractivity contribution in [2.45, 2.75) is 31.1 Å². The van der Waals surface area contributed by atoms with Crippen LogP contribution in [0.15, 0.2) is 0 Å². The molecule has 0 spiro atoms. The Morgan fingerprint density at radius 2 is 1.77 bits per heavy atom. The highest BCUT2D eigenvalue weighted by Crippen LogP contribution is 2.66. The largest absolute Gasteiger partial charge is 0.508 e. The Morgan fingerprint density at radius 1 is 1.19 bits per heavy atom. The molecule has 1 rings (SSSR count). The standard InChI is InChI=1S/C8H18BO14P3/c1-8(5(3-6(9)21-8)20-7(10)18-2)4-19-25(14,15)23-26(16,17)22-24(11,12)13/h5-6H,3-4,9H2,1-2H3,(H,14,15)(H,16,17)(H2,11,12,13). The quantitative estimate of drug-likeness (QED) is 0.215. The lowest BCUT2D eigenvalue weighted by Crippen LogP contribution is -2.43. The zero-order valence-corrected chi connectivity index (χ0v) is 16.5. The molecular weight excluding hydrogens is 424 g/mol. The van der Waals surface area contributed by atoms with Crippen LogP contribution >= 0.6 is 23.5 Å². The molecule has 152 valence electrons. The van der Waals surface area contributed by atoms with Crippen LogP contribution in [-0.2, 0) is 41.1 Å². The van der Waals surface area contributed by atoms with Crippen molar-refractivity contribution < 1.29 is 65.4 Å². The summed E-state index contributed by atoms with van der Waals surface area (Å²) in [6.07, 6.45) is -1.78. The van der Waals surface area contributed by atoms with Crippen LogP contribution in [0.1, 0.15) is 13.3 Å². The highest BCUT2D eigenvalue weighted by Gasteiger charge is 2.49. The van der Waals surface area contributed by atoms with Gasteiger partial charge in [0.2, 0.25) is 0 Å². The van der Waals surface area contributed by atoms with E-state index >= 15 is 0 Å². The van der Waals surface area contributed by atoms with Crippen molar-refractivity contribution in [3.63, 3.8) is 0 Å². The average molecular weight is 442 g/mol. The number of hydrogen-bond acceptors (Lipinski definition) is 10. The Morgan fingerprint density at radius 3 is 2.27 bits per heavy atom. The molecule has 0 aromatic heterocycles. The van der Waals surface area contributed by atoms with E-state index < -0.39 is 53.9 Å². The van der Waals surface area contributed by atoms with Crippen molar-refractivity contribution in [1.82, 2.24) is 0 Å². The van der Waals surface area contributed by atoms with E-state index in [9.17, 15) is 23.4 Å². The molecule has 1 aliphatic rings. The number of rotatable bonds is 8. The smallest absolute Gasteiger partial charge is 0.438 e. The van der Waals surface area contributed by atoms with Gasteiger partial charge in [0.05, 0.1) is 13.7 Å². The minimum Gasteiger partial charge on any atom is -0.438 e. The van der Waals surface area contributed by atoms with Crippen LogP contribution in [-0.4, -0.2) is 65.0 Å². The van der Waals surface area contributed by atoms with Crippen LogP contribution in [0, 0.1) is 0 Å². The summed E-state index contributed by atoms with van der Waals surface area (Å²) in [5.74, 6) is 0. The Kier molecular flexibility index (Phi) is 7.65. The molecule has 1 heterocycles. The van der Waals surface area contributed by atoms with E-state index in [1.165, 1.54) is 6.92 Å². The second kappa shape index (κ2) is 8.38. The molecular formula is C8H18BO14P3. The van der Waals surface area contributed by atoms with Gasteiger partial charge in [0.25, 0.3) is 0 Å². The molecule has 14 nitrogen and oxygen atoms in total. The van der Waals surface area contributed by atoms with Gasteiger partial charge in [-0.25, -0.2) is 18.5 Å². The normalized spacial score (nSPS) is 31.0. The van der Waals surface area contributed by atoms with Crippen LogP contribution in [0.3, 0.4) is 0 Å². The Hall–Kier alpha value is -0.295. The van der Waals surface area contributed by atoms with Gasteiger partial charge < -0.3 is 33.8 Å². The van der Waals surface area contributed by atoms with Gasteiger partial charge in [-0.3, -0.25) is 4.52 Å². The minimum atomic E-state index is -5.62. The first-order chi connectivity index (χ1) is 11.6. The Balaban J connectivity index is 2.77. The number of carbonyl (C=O) groups is 1. The van der Waals surface area contributed by atoms with Gasteiger partial charge in [-0.15, -0.1) is 0 Å². The summed E-state index contributed by atoms with van der Waals surface area (Å²) in [4.78, 5) is 46.7. The Bertz CT molecular complexity index is 663. The van der Waals surface area contributed by atoms with Crippen LogP contribution in [0.25, 0.3) is 0 Å². The summed E-state index contributed by atoms with van der Waals surface area (Å²) in [5.41, 5.74) is -1.45. The van der Waals surface area contributed by atoms with Crippen LogP contribution in [0.2, 0.25) is 0 Å². The summed E-state index contributed by atoms with van der Waals surface area (Å²) in [6.45, 7) is 0.622. The van der Waals surface area contributed by atoms with Crippen molar-refractivity contribution >= 4 is 37.5 Å². The maximum Gasteiger partial charge on any atom is 0.508 e. The number of methoxy groups -OCH3 is 1. The summed E-state index contributed by atoms with van der Waals surface area (Å²) in [7, 11) is -13.7. The van der Waals surface area contributed by atoms with Crippen molar-refractivity contribution in [3.05, 3.63) is 0 Å². The van der Waals surface area contributed by atoms with E-state index in [1.807, 2.05) is 0 Å². The summed E-state index contributed by atoms with van der Waals surface area (Å²) in [6, 6.07) is -0.431. The number of carbonyl (C=O) groups excluding carboxylic acids is 1. The second-order valence-electron chi connectivity index (χ2n) is 5.40. The predicted molar refractivity (Wildman–Crippen MR) is 83.5 cm³/mol. The van der Waals surface area contributed by atoms with E-state index in [0.717, 1.165) is 7.11 Å². The minimum absolute atomic E-state index is 0.200. The van der Waals surface area contributed by atoms with Crippen LogP contribution < -0.4 is 0 Å². The Labute approximate surface area is 148 Å². The molecule has 0 aromatic carbocycles. The third kappa shape index (κ3) is 7.75. The third-order valence-electron chi connectivity index (χ3n) is 3.03. The van der Waals surface area contributed by atoms with Crippen molar-refractivity contribution in [2.24, 2.45) is 0 Å². The number of ether oxygens (including phenoxy) is 3. The highest BCUT2D eigenvalue weighted by molar-refractivity contribution is 7.66. The molecule has 26 heavy (non-hydrogen) atoms. The monoisotopic (exact) mass is 442 g/mol. The van der Waals surface area contributed by atoms with Crippen LogP contribution in [0.4, 0.5) is 4.79 Å². The van der Waals surface area contributed by atoms with Gasteiger partial charge in [0, 0.05) is 12.4 Å². The molecule has 5 unspecified atom stereocenters. The zero-order valence-electron chi connectivity index (χ0n) is 13.8. The van der Waals surface area contributed by atoms with Crippen molar-refractivity contribution in [2.75, 3.05) is 13.7 Å². The number of phosphoric ester groups is 1.